The van der Waals surface area contributed by atoms with Crippen LogP contribution in [0.2, 0.25) is 0 Å². The van der Waals surface area contributed by atoms with Gasteiger partial charge in [0.1, 0.15) is 0 Å². The maximum Gasteiger partial charge on any atom is 0.177 e. The van der Waals surface area contributed by atoms with Crippen LogP contribution in [0.1, 0.15) is 15.9 Å². The van der Waals surface area contributed by atoms with Gasteiger partial charge >= 0.3 is 0 Å². The number of Topliss-reactive ketones (excluding diaryl/α,β-unsaturated/α-hetero) is 1. The molecule has 1 rings (SSSR count). The van der Waals surface area contributed by atoms with Gasteiger partial charge in [-0.15, -0.1) is 0 Å². The van der Waals surface area contributed by atoms with E-state index in [-0.39, 0.29) is 22.8 Å². The highest BCUT2D eigenvalue weighted by atomic mass is 32.2. The third-order valence-corrected chi connectivity index (χ3v) is 3.16. The summed E-state index contributed by atoms with van der Waals surface area (Å²) in [4.78, 5) is 11.5. The first-order valence-electron chi connectivity index (χ1n) is 4.40. The second-order valence-electron chi connectivity index (χ2n) is 3.40. The smallest absolute Gasteiger partial charge is 0.177 e. The number of carbonyl (C=O) groups excluding carboxylic acids is 1. The lowest BCUT2D eigenvalue weighted by atomic mass is 10.1. The third-order valence-electron chi connectivity index (χ3n) is 2.02. The van der Waals surface area contributed by atoms with Gasteiger partial charge in [-0.05, 0) is 24.6 Å². The van der Waals surface area contributed by atoms with Crippen molar-refractivity contribution in [2.24, 2.45) is 5.73 Å². The second-order valence-corrected chi connectivity index (χ2v) is 5.38. The predicted octanol–water partition coefficient (Wildman–Crippen LogP) is 0.540. The third kappa shape index (κ3) is 2.64. The average Bonchev–Trinajstić information content (AvgIpc) is 2.15. The number of aryl methyl sites for hydroxylation is 1. The fraction of sp³-hybridized carbons (Fsp3) is 0.300. The molecule has 1 aromatic carbocycles. The van der Waals surface area contributed by atoms with E-state index >= 15 is 0 Å². The van der Waals surface area contributed by atoms with Gasteiger partial charge in [0.2, 0.25) is 0 Å². The molecule has 0 saturated heterocycles. The SMILES string of the molecule is Cc1ccc(C(=O)CN)c(S(C)(=O)=O)c1. The maximum absolute atomic E-state index is 11.4. The molecule has 0 unspecified atom stereocenters. The summed E-state index contributed by atoms with van der Waals surface area (Å²) < 4.78 is 22.9. The number of hydrogen-bond acceptors (Lipinski definition) is 4. The van der Waals surface area contributed by atoms with Crippen LogP contribution in [0, 0.1) is 6.92 Å². The number of sulfone groups is 1. The molecule has 0 spiro atoms. The molecule has 0 aliphatic heterocycles. The van der Waals surface area contributed by atoms with E-state index in [1.54, 1.807) is 13.0 Å². The second kappa shape index (κ2) is 4.12. The van der Waals surface area contributed by atoms with Crippen LogP contribution < -0.4 is 5.73 Å². The Balaban J connectivity index is 3.47. The summed E-state index contributed by atoms with van der Waals surface area (Å²) in [5.41, 5.74) is 6.18. The molecule has 0 bridgehead atoms. The van der Waals surface area contributed by atoms with E-state index in [0.29, 0.717) is 0 Å². The lowest BCUT2D eigenvalue weighted by Gasteiger charge is -2.06. The highest BCUT2D eigenvalue weighted by Crippen LogP contribution is 2.17. The van der Waals surface area contributed by atoms with Crippen LogP contribution in [-0.4, -0.2) is 27.0 Å². The number of carbonyl (C=O) groups is 1. The summed E-state index contributed by atoms with van der Waals surface area (Å²) in [6.07, 6.45) is 1.08. The van der Waals surface area contributed by atoms with Gasteiger partial charge in [-0.2, -0.15) is 0 Å². The minimum atomic E-state index is -3.39. The van der Waals surface area contributed by atoms with Crippen LogP contribution in [0.5, 0.6) is 0 Å². The molecule has 0 aliphatic carbocycles. The van der Waals surface area contributed by atoms with Gasteiger partial charge in [-0.25, -0.2) is 8.42 Å². The zero-order valence-electron chi connectivity index (χ0n) is 8.65. The molecule has 5 heteroatoms. The summed E-state index contributed by atoms with van der Waals surface area (Å²) in [6, 6.07) is 4.68. The van der Waals surface area contributed by atoms with Crippen LogP contribution in [0.3, 0.4) is 0 Å². The predicted molar refractivity (Wildman–Crippen MR) is 57.7 cm³/mol. The molecule has 0 radical (unpaired) electrons. The maximum atomic E-state index is 11.4. The fourth-order valence-electron chi connectivity index (χ4n) is 1.28. The quantitative estimate of drug-likeness (QED) is 0.764. The monoisotopic (exact) mass is 227 g/mol. The van der Waals surface area contributed by atoms with Crippen molar-refractivity contribution in [3.63, 3.8) is 0 Å². The molecule has 0 saturated carbocycles. The highest BCUT2D eigenvalue weighted by molar-refractivity contribution is 7.90. The first kappa shape index (κ1) is 11.9. The number of nitrogens with two attached hydrogens (primary N) is 1. The Kier molecular flexibility index (Phi) is 3.26. The van der Waals surface area contributed by atoms with Gasteiger partial charge in [0.15, 0.2) is 15.6 Å². The number of hydrogen-bond donors (Lipinski definition) is 1. The van der Waals surface area contributed by atoms with E-state index in [9.17, 15) is 13.2 Å². The Morgan fingerprint density at radius 1 is 1.40 bits per heavy atom. The van der Waals surface area contributed by atoms with Crippen LogP contribution >= 0.6 is 0 Å². The molecular weight excluding hydrogens is 214 g/mol. The van der Waals surface area contributed by atoms with Gasteiger partial charge in [0, 0.05) is 11.8 Å². The van der Waals surface area contributed by atoms with Crippen molar-refractivity contribution in [3.05, 3.63) is 29.3 Å². The van der Waals surface area contributed by atoms with Crippen LogP contribution in [0.25, 0.3) is 0 Å². The van der Waals surface area contributed by atoms with Gasteiger partial charge in [0.05, 0.1) is 11.4 Å². The number of benzene rings is 1. The molecule has 15 heavy (non-hydrogen) atoms. The van der Waals surface area contributed by atoms with Crippen molar-refractivity contribution < 1.29 is 13.2 Å². The fourth-order valence-corrected chi connectivity index (χ4v) is 2.26. The van der Waals surface area contributed by atoms with Crippen LogP contribution in [-0.2, 0) is 9.84 Å². The Morgan fingerprint density at radius 2 is 2.00 bits per heavy atom. The topological polar surface area (TPSA) is 77.2 Å². The van der Waals surface area contributed by atoms with Gasteiger partial charge in [-0.1, -0.05) is 6.07 Å². The minimum Gasteiger partial charge on any atom is -0.324 e. The molecule has 0 aromatic heterocycles. The van der Waals surface area contributed by atoms with E-state index in [1.165, 1.54) is 12.1 Å². The summed E-state index contributed by atoms with van der Waals surface area (Å²) in [6.45, 7) is 1.58. The summed E-state index contributed by atoms with van der Waals surface area (Å²) in [5, 5.41) is 0. The summed E-state index contributed by atoms with van der Waals surface area (Å²) in [5.74, 6) is -0.365. The summed E-state index contributed by atoms with van der Waals surface area (Å²) >= 11 is 0. The molecule has 4 nitrogen and oxygen atoms in total. The Hall–Kier alpha value is -1.20. The molecule has 0 amide bonds. The minimum absolute atomic E-state index is 0.0537. The normalized spacial score (nSPS) is 11.4. The Labute approximate surface area is 89.0 Å². The van der Waals surface area contributed by atoms with Crippen molar-refractivity contribution in [1.82, 2.24) is 0 Å². The Bertz CT molecular complexity index is 491. The highest BCUT2D eigenvalue weighted by Gasteiger charge is 2.17. The molecule has 0 heterocycles. The van der Waals surface area contributed by atoms with Crippen LogP contribution in [0.4, 0.5) is 0 Å². The standard InChI is InChI=1S/C10H13NO3S/c1-7-3-4-8(9(12)6-11)10(5-7)15(2,13)14/h3-5H,6,11H2,1-2H3. The van der Waals surface area contributed by atoms with Crippen molar-refractivity contribution in [2.45, 2.75) is 11.8 Å². The first-order valence-corrected chi connectivity index (χ1v) is 6.29. The Morgan fingerprint density at radius 3 is 2.47 bits per heavy atom. The number of rotatable bonds is 3. The molecule has 0 aliphatic rings. The van der Waals surface area contributed by atoms with E-state index < -0.39 is 9.84 Å². The van der Waals surface area contributed by atoms with E-state index in [1.807, 2.05) is 0 Å². The lowest BCUT2D eigenvalue weighted by molar-refractivity contribution is 0.0998. The van der Waals surface area contributed by atoms with E-state index in [2.05, 4.69) is 0 Å². The van der Waals surface area contributed by atoms with E-state index in [4.69, 9.17) is 5.73 Å². The zero-order valence-corrected chi connectivity index (χ0v) is 9.47. The number of ketones is 1. The van der Waals surface area contributed by atoms with Gasteiger partial charge in [0.25, 0.3) is 0 Å². The molecule has 0 fully saturated rings. The van der Waals surface area contributed by atoms with Crippen molar-refractivity contribution in [2.75, 3.05) is 12.8 Å². The first-order chi connectivity index (χ1) is 6.86. The molecular formula is C10H13NO3S. The van der Waals surface area contributed by atoms with Gasteiger partial charge < -0.3 is 5.73 Å². The molecule has 2 N–H and O–H groups in total. The summed E-state index contributed by atoms with van der Waals surface area (Å²) in [7, 11) is -3.39. The van der Waals surface area contributed by atoms with Crippen molar-refractivity contribution in [1.29, 1.82) is 0 Å². The van der Waals surface area contributed by atoms with Gasteiger partial charge in [-0.3, -0.25) is 4.79 Å². The van der Waals surface area contributed by atoms with Crippen LogP contribution in [0.15, 0.2) is 23.1 Å². The lowest BCUT2D eigenvalue weighted by Crippen LogP contribution is -2.17. The average molecular weight is 227 g/mol. The van der Waals surface area contributed by atoms with E-state index in [0.717, 1.165) is 11.8 Å². The van der Waals surface area contributed by atoms with Crippen molar-refractivity contribution in [3.8, 4) is 0 Å². The molecule has 82 valence electrons. The zero-order chi connectivity index (χ0) is 11.6. The molecule has 1 aromatic rings. The largest absolute Gasteiger partial charge is 0.324 e. The van der Waals surface area contributed by atoms with Crippen molar-refractivity contribution >= 4 is 15.6 Å². The molecule has 0 atom stereocenters.